The van der Waals surface area contributed by atoms with Crippen molar-refractivity contribution in [3.05, 3.63) is 60.8 Å². The number of phenolic OH excluding ortho intramolecular Hbond substituents is 1. The molecule has 5 nitrogen and oxygen atoms in total. The van der Waals surface area contributed by atoms with E-state index in [-0.39, 0.29) is 30.4 Å². The summed E-state index contributed by atoms with van der Waals surface area (Å²) in [6.45, 7) is 0. The minimum atomic E-state index is -0.309. The smallest absolute Gasteiger partial charge is 0.231 e. The molecule has 1 amide bonds. The fourth-order valence-electron chi connectivity index (χ4n) is 2.43. The Balaban J connectivity index is 1.63. The number of carbonyl (C=O) groups excluding carboxylic acids is 2. The van der Waals surface area contributed by atoms with Gasteiger partial charge in [0.25, 0.3) is 0 Å². The number of hydrogen-bond donors (Lipinski definition) is 2. The maximum Gasteiger partial charge on any atom is 0.231 e. The van der Waals surface area contributed by atoms with Crippen LogP contribution in [0.2, 0.25) is 0 Å². The van der Waals surface area contributed by atoms with Crippen LogP contribution in [0.1, 0.15) is 17.6 Å². The minimum absolute atomic E-state index is 0.00331. The summed E-state index contributed by atoms with van der Waals surface area (Å²) in [7, 11) is 0. The van der Waals surface area contributed by atoms with Crippen LogP contribution in [-0.2, 0) is 4.79 Å². The number of nitrogens with one attached hydrogen (secondary N) is 1. The molecule has 0 aliphatic heterocycles. The quantitative estimate of drug-likeness (QED) is 0.726. The van der Waals surface area contributed by atoms with Gasteiger partial charge in [0.15, 0.2) is 0 Å². The van der Waals surface area contributed by atoms with Crippen molar-refractivity contribution < 1.29 is 14.7 Å². The molecule has 0 fully saturated rings. The van der Waals surface area contributed by atoms with Crippen molar-refractivity contribution in [1.82, 2.24) is 4.57 Å². The van der Waals surface area contributed by atoms with Crippen molar-refractivity contribution in [2.24, 2.45) is 0 Å². The van der Waals surface area contributed by atoms with Gasteiger partial charge in [0, 0.05) is 24.4 Å². The van der Waals surface area contributed by atoms with Gasteiger partial charge in [-0.2, -0.15) is 0 Å². The number of phenols is 1. The second-order valence-corrected chi connectivity index (χ2v) is 5.20. The summed E-state index contributed by atoms with van der Waals surface area (Å²) < 4.78 is 1.56. The molecule has 0 unspecified atom stereocenters. The molecule has 0 saturated carbocycles. The molecule has 0 aliphatic carbocycles. The third kappa shape index (κ3) is 3.23. The number of rotatable bonds is 4. The molecule has 0 saturated heterocycles. The summed E-state index contributed by atoms with van der Waals surface area (Å²) in [6.07, 6.45) is 1.87. The highest BCUT2D eigenvalue weighted by Crippen LogP contribution is 2.22. The Kier molecular flexibility index (Phi) is 4.10. The first-order chi connectivity index (χ1) is 11.1. The van der Waals surface area contributed by atoms with Crippen molar-refractivity contribution >= 4 is 28.4 Å². The number of para-hydroxylation sites is 3. The Morgan fingerprint density at radius 3 is 2.52 bits per heavy atom. The van der Waals surface area contributed by atoms with Gasteiger partial charge in [-0.25, -0.2) is 0 Å². The largest absolute Gasteiger partial charge is 0.506 e. The highest BCUT2D eigenvalue weighted by Gasteiger charge is 2.12. The Hall–Kier alpha value is -3.08. The standard InChI is InChI=1S/C18H16N2O3/c21-16-8-4-2-6-14(16)19-17(22)9-10-18(23)20-12-11-13-5-1-3-7-15(13)20/h1-8,11-12,21H,9-10H2,(H,19,22). The zero-order valence-corrected chi connectivity index (χ0v) is 12.4. The minimum Gasteiger partial charge on any atom is -0.506 e. The van der Waals surface area contributed by atoms with Gasteiger partial charge in [-0.3, -0.25) is 14.2 Å². The summed E-state index contributed by atoms with van der Waals surface area (Å²) in [5.41, 5.74) is 1.18. The molecular weight excluding hydrogens is 292 g/mol. The van der Waals surface area contributed by atoms with Crippen LogP contribution < -0.4 is 5.32 Å². The maximum absolute atomic E-state index is 12.3. The Bertz CT molecular complexity index is 867. The molecule has 0 spiro atoms. The molecule has 0 aliphatic rings. The molecular formula is C18H16N2O3. The number of carbonyl (C=O) groups is 2. The molecule has 23 heavy (non-hydrogen) atoms. The van der Waals surface area contributed by atoms with Crippen LogP contribution >= 0.6 is 0 Å². The first-order valence-corrected chi connectivity index (χ1v) is 7.32. The lowest BCUT2D eigenvalue weighted by Crippen LogP contribution is -2.16. The van der Waals surface area contributed by atoms with E-state index in [9.17, 15) is 14.7 Å². The fraction of sp³-hybridized carbons (Fsp3) is 0.111. The van der Waals surface area contributed by atoms with Crippen LogP contribution in [0.25, 0.3) is 10.9 Å². The van der Waals surface area contributed by atoms with E-state index in [1.165, 1.54) is 6.07 Å². The van der Waals surface area contributed by atoms with Gasteiger partial charge in [-0.05, 0) is 24.3 Å². The Labute approximate surface area is 133 Å². The van der Waals surface area contributed by atoms with Crippen LogP contribution in [0, 0.1) is 0 Å². The van der Waals surface area contributed by atoms with E-state index >= 15 is 0 Å². The molecule has 2 aromatic carbocycles. The second kappa shape index (κ2) is 6.36. The average Bonchev–Trinajstić information content (AvgIpc) is 2.99. The second-order valence-electron chi connectivity index (χ2n) is 5.20. The van der Waals surface area contributed by atoms with E-state index in [0.29, 0.717) is 5.69 Å². The van der Waals surface area contributed by atoms with Crippen molar-refractivity contribution in [3.8, 4) is 5.75 Å². The third-order valence-corrected chi connectivity index (χ3v) is 3.61. The summed E-state index contributed by atoms with van der Waals surface area (Å²) in [6, 6.07) is 15.9. The number of amides is 1. The molecule has 5 heteroatoms. The molecule has 0 radical (unpaired) electrons. The highest BCUT2D eigenvalue weighted by molar-refractivity contribution is 5.97. The van der Waals surface area contributed by atoms with Crippen LogP contribution in [0.4, 0.5) is 5.69 Å². The molecule has 116 valence electrons. The van der Waals surface area contributed by atoms with Gasteiger partial charge in [-0.15, -0.1) is 0 Å². The predicted octanol–water partition coefficient (Wildman–Crippen LogP) is 3.41. The highest BCUT2D eigenvalue weighted by atomic mass is 16.3. The van der Waals surface area contributed by atoms with Gasteiger partial charge >= 0.3 is 0 Å². The van der Waals surface area contributed by atoms with Crippen molar-refractivity contribution in [3.63, 3.8) is 0 Å². The van der Waals surface area contributed by atoms with Crippen molar-refractivity contribution in [2.45, 2.75) is 12.8 Å². The molecule has 0 atom stereocenters. The monoisotopic (exact) mass is 308 g/mol. The van der Waals surface area contributed by atoms with E-state index in [4.69, 9.17) is 0 Å². The van der Waals surface area contributed by atoms with Crippen LogP contribution in [0.3, 0.4) is 0 Å². The number of anilines is 1. The average molecular weight is 308 g/mol. The zero-order valence-electron chi connectivity index (χ0n) is 12.4. The molecule has 1 aromatic heterocycles. The number of fused-ring (bicyclic) bond motifs is 1. The fourth-order valence-corrected chi connectivity index (χ4v) is 2.43. The summed E-state index contributed by atoms with van der Waals surface area (Å²) >= 11 is 0. The van der Waals surface area contributed by atoms with Gasteiger partial charge in [0.2, 0.25) is 11.8 Å². The lowest BCUT2D eigenvalue weighted by molar-refractivity contribution is -0.116. The topological polar surface area (TPSA) is 71.3 Å². The number of hydrogen-bond acceptors (Lipinski definition) is 3. The first-order valence-electron chi connectivity index (χ1n) is 7.32. The van der Waals surface area contributed by atoms with E-state index in [1.54, 1.807) is 29.0 Å². The van der Waals surface area contributed by atoms with E-state index < -0.39 is 0 Å². The zero-order chi connectivity index (χ0) is 16.2. The number of nitrogens with zero attached hydrogens (tertiary/aromatic N) is 1. The van der Waals surface area contributed by atoms with Gasteiger partial charge < -0.3 is 10.4 Å². The number of aromatic nitrogens is 1. The SMILES string of the molecule is O=C(CCC(=O)n1ccc2ccccc21)Nc1ccccc1O. The summed E-state index contributed by atoms with van der Waals surface area (Å²) in [5.74, 6) is -0.446. The Morgan fingerprint density at radius 2 is 1.70 bits per heavy atom. The Morgan fingerprint density at radius 1 is 0.957 bits per heavy atom. The lowest BCUT2D eigenvalue weighted by Gasteiger charge is -2.07. The third-order valence-electron chi connectivity index (χ3n) is 3.61. The van der Waals surface area contributed by atoms with Crippen molar-refractivity contribution in [2.75, 3.05) is 5.32 Å². The van der Waals surface area contributed by atoms with Gasteiger partial charge in [0.1, 0.15) is 5.75 Å². The van der Waals surface area contributed by atoms with Crippen LogP contribution in [-0.4, -0.2) is 21.5 Å². The van der Waals surface area contributed by atoms with E-state index in [0.717, 1.165) is 10.9 Å². The number of aromatic hydroxyl groups is 1. The first kappa shape index (κ1) is 14.8. The molecule has 2 N–H and O–H groups in total. The summed E-state index contributed by atoms with van der Waals surface area (Å²) in [4.78, 5) is 24.2. The molecule has 3 aromatic rings. The summed E-state index contributed by atoms with van der Waals surface area (Å²) in [5, 5.41) is 13.2. The number of benzene rings is 2. The van der Waals surface area contributed by atoms with E-state index in [2.05, 4.69) is 5.32 Å². The van der Waals surface area contributed by atoms with Crippen LogP contribution in [0.5, 0.6) is 5.75 Å². The normalized spacial score (nSPS) is 10.6. The van der Waals surface area contributed by atoms with Gasteiger partial charge in [-0.1, -0.05) is 30.3 Å². The van der Waals surface area contributed by atoms with Crippen molar-refractivity contribution in [1.29, 1.82) is 0 Å². The maximum atomic E-state index is 12.3. The van der Waals surface area contributed by atoms with Gasteiger partial charge in [0.05, 0.1) is 11.2 Å². The molecule has 0 bridgehead atoms. The van der Waals surface area contributed by atoms with E-state index in [1.807, 2.05) is 30.3 Å². The molecule has 1 heterocycles. The molecule has 3 rings (SSSR count). The predicted molar refractivity (Wildman–Crippen MR) is 88.5 cm³/mol. The van der Waals surface area contributed by atoms with Crippen LogP contribution in [0.15, 0.2) is 60.8 Å². The lowest BCUT2D eigenvalue weighted by atomic mass is 10.2.